The van der Waals surface area contributed by atoms with Crippen molar-refractivity contribution in [2.24, 2.45) is 13.0 Å². The molecule has 23 heavy (non-hydrogen) atoms. The van der Waals surface area contributed by atoms with Crippen molar-refractivity contribution >= 4 is 11.7 Å². The summed E-state index contributed by atoms with van der Waals surface area (Å²) in [5.74, 6) is 1.94. The predicted octanol–water partition coefficient (Wildman–Crippen LogP) is 2.89. The van der Waals surface area contributed by atoms with Crippen LogP contribution in [0.5, 0.6) is 0 Å². The highest BCUT2D eigenvalue weighted by Crippen LogP contribution is 2.38. The van der Waals surface area contributed by atoms with E-state index in [1.165, 1.54) is 24.8 Å². The van der Waals surface area contributed by atoms with Gasteiger partial charge < -0.3 is 15.2 Å². The third-order valence-electron chi connectivity index (χ3n) is 4.63. The summed E-state index contributed by atoms with van der Waals surface area (Å²) in [6.07, 6.45) is 6.75. The predicted molar refractivity (Wildman–Crippen MR) is 89.3 cm³/mol. The van der Waals surface area contributed by atoms with Gasteiger partial charge in [-0.3, -0.25) is 0 Å². The Bertz CT molecular complexity index is 677. The van der Waals surface area contributed by atoms with Gasteiger partial charge in [0.25, 0.3) is 0 Å². The molecule has 1 aromatic heterocycles. The van der Waals surface area contributed by atoms with E-state index in [1.807, 2.05) is 29.8 Å². The van der Waals surface area contributed by atoms with Crippen LogP contribution in [0.1, 0.15) is 43.0 Å². The Morgan fingerprint density at radius 3 is 2.87 bits per heavy atom. The molecule has 0 spiro atoms. The molecule has 0 saturated heterocycles. The molecular formula is C17H23N5O. The van der Waals surface area contributed by atoms with Crippen molar-refractivity contribution in [3.63, 3.8) is 0 Å². The molecule has 1 aliphatic rings. The number of carbonyl (C=O) groups is 1. The zero-order valence-electron chi connectivity index (χ0n) is 13.6. The number of nitrogens with zero attached hydrogens (tertiary/aromatic N) is 3. The Labute approximate surface area is 136 Å². The van der Waals surface area contributed by atoms with Crippen LogP contribution in [0.15, 0.2) is 30.6 Å². The molecule has 1 heterocycles. The van der Waals surface area contributed by atoms with Gasteiger partial charge in [-0.15, -0.1) is 10.2 Å². The summed E-state index contributed by atoms with van der Waals surface area (Å²) in [4.78, 5) is 11.5. The van der Waals surface area contributed by atoms with Gasteiger partial charge in [-0.25, -0.2) is 4.79 Å². The molecule has 122 valence electrons. The van der Waals surface area contributed by atoms with E-state index < -0.39 is 0 Å². The van der Waals surface area contributed by atoms with Gasteiger partial charge in [0.15, 0.2) is 0 Å². The number of nitrogens with one attached hydrogen (secondary N) is 2. The van der Waals surface area contributed by atoms with Crippen molar-refractivity contribution in [2.75, 3.05) is 12.4 Å². The molecule has 6 nitrogen and oxygen atoms in total. The number of amides is 2. The number of rotatable bonds is 5. The van der Waals surface area contributed by atoms with E-state index in [0.717, 1.165) is 23.9 Å². The van der Waals surface area contributed by atoms with Gasteiger partial charge in [0.2, 0.25) is 0 Å². The standard InChI is InChI=1S/C17H23N5O/c1-18-17(23)20-14-8-4-7-13(10-14)15(9-12-5-3-6-12)16-21-19-11-22(16)2/h4,7-8,10-12,15H,3,5-6,9H2,1-2H3,(H2,18,20,23)/t15-/m1/s1. The fourth-order valence-corrected chi connectivity index (χ4v) is 3.09. The zero-order valence-corrected chi connectivity index (χ0v) is 13.6. The SMILES string of the molecule is CNC(=O)Nc1cccc([C@@H](CC2CCC2)c2nncn2C)c1. The maximum absolute atomic E-state index is 11.5. The lowest BCUT2D eigenvalue weighted by molar-refractivity contribution is 0.254. The Hall–Kier alpha value is -2.37. The van der Waals surface area contributed by atoms with Crippen LogP contribution >= 0.6 is 0 Å². The first-order chi connectivity index (χ1) is 11.2. The smallest absolute Gasteiger partial charge is 0.318 e. The van der Waals surface area contributed by atoms with Crippen LogP contribution in [0, 0.1) is 5.92 Å². The second-order valence-electron chi connectivity index (χ2n) is 6.21. The molecule has 1 fully saturated rings. The minimum atomic E-state index is -0.212. The van der Waals surface area contributed by atoms with Gasteiger partial charge in [-0.05, 0) is 30.0 Å². The van der Waals surface area contributed by atoms with E-state index in [2.05, 4.69) is 26.9 Å². The van der Waals surface area contributed by atoms with Crippen molar-refractivity contribution in [2.45, 2.75) is 31.6 Å². The van der Waals surface area contributed by atoms with Crippen molar-refractivity contribution < 1.29 is 4.79 Å². The van der Waals surface area contributed by atoms with Crippen molar-refractivity contribution in [3.8, 4) is 0 Å². The molecule has 0 radical (unpaired) electrons. The van der Waals surface area contributed by atoms with Crippen LogP contribution in [0.25, 0.3) is 0 Å². The summed E-state index contributed by atoms with van der Waals surface area (Å²) in [5.41, 5.74) is 1.96. The highest BCUT2D eigenvalue weighted by molar-refractivity contribution is 5.89. The summed E-state index contributed by atoms with van der Waals surface area (Å²) >= 11 is 0. The quantitative estimate of drug-likeness (QED) is 0.891. The van der Waals surface area contributed by atoms with Crippen LogP contribution in [-0.2, 0) is 7.05 Å². The maximum Gasteiger partial charge on any atom is 0.318 e. The zero-order chi connectivity index (χ0) is 16.2. The van der Waals surface area contributed by atoms with Gasteiger partial charge in [-0.2, -0.15) is 0 Å². The normalized spacial score (nSPS) is 15.7. The summed E-state index contributed by atoms with van der Waals surface area (Å²) in [5, 5.41) is 13.8. The van der Waals surface area contributed by atoms with E-state index in [4.69, 9.17) is 0 Å². The number of benzene rings is 1. The number of urea groups is 1. The first kappa shape index (κ1) is 15.5. The minimum Gasteiger partial charge on any atom is -0.341 e. The topological polar surface area (TPSA) is 71.8 Å². The highest BCUT2D eigenvalue weighted by atomic mass is 16.2. The minimum absolute atomic E-state index is 0.208. The molecule has 6 heteroatoms. The van der Waals surface area contributed by atoms with Crippen LogP contribution in [-0.4, -0.2) is 27.8 Å². The number of aromatic nitrogens is 3. The molecule has 0 aliphatic heterocycles. The lowest BCUT2D eigenvalue weighted by Gasteiger charge is -2.29. The molecule has 0 bridgehead atoms. The first-order valence-electron chi connectivity index (χ1n) is 8.10. The Morgan fingerprint density at radius 2 is 2.26 bits per heavy atom. The molecule has 1 atom stereocenters. The summed E-state index contributed by atoms with van der Waals surface area (Å²) in [7, 11) is 3.59. The number of aryl methyl sites for hydroxylation is 1. The molecule has 2 amide bonds. The van der Waals surface area contributed by atoms with Crippen LogP contribution < -0.4 is 10.6 Å². The lowest BCUT2D eigenvalue weighted by Crippen LogP contribution is -2.24. The molecular weight excluding hydrogens is 290 g/mol. The van der Waals surface area contributed by atoms with E-state index in [0.29, 0.717) is 0 Å². The Kier molecular flexibility index (Phi) is 4.60. The largest absolute Gasteiger partial charge is 0.341 e. The third-order valence-corrected chi connectivity index (χ3v) is 4.63. The summed E-state index contributed by atoms with van der Waals surface area (Å²) < 4.78 is 1.99. The van der Waals surface area contributed by atoms with Crippen LogP contribution in [0.2, 0.25) is 0 Å². The molecule has 2 aromatic rings. The van der Waals surface area contributed by atoms with Crippen LogP contribution in [0.3, 0.4) is 0 Å². The molecule has 1 saturated carbocycles. The Morgan fingerprint density at radius 1 is 1.43 bits per heavy atom. The van der Waals surface area contributed by atoms with Gasteiger partial charge in [0, 0.05) is 25.7 Å². The third kappa shape index (κ3) is 3.52. The Balaban J connectivity index is 1.88. The summed E-state index contributed by atoms with van der Waals surface area (Å²) in [6.45, 7) is 0. The van der Waals surface area contributed by atoms with Gasteiger partial charge in [0.1, 0.15) is 12.2 Å². The van der Waals surface area contributed by atoms with E-state index in [9.17, 15) is 4.79 Å². The summed E-state index contributed by atoms with van der Waals surface area (Å²) in [6, 6.07) is 7.80. The number of carbonyl (C=O) groups excluding carboxylic acids is 1. The maximum atomic E-state index is 11.5. The highest BCUT2D eigenvalue weighted by Gasteiger charge is 2.27. The number of anilines is 1. The van der Waals surface area contributed by atoms with Gasteiger partial charge in [0.05, 0.1) is 0 Å². The fraction of sp³-hybridized carbons (Fsp3) is 0.471. The van der Waals surface area contributed by atoms with Crippen molar-refractivity contribution in [1.82, 2.24) is 20.1 Å². The fourth-order valence-electron chi connectivity index (χ4n) is 3.09. The van der Waals surface area contributed by atoms with Gasteiger partial charge in [-0.1, -0.05) is 31.4 Å². The average molecular weight is 313 g/mol. The van der Waals surface area contributed by atoms with Crippen molar-refractivity contribution in [3.05, 3.63) is 42.0 Å². The van der Waals surface area contributed by atoms with Crippen molar-refractivity contribution in [1.29, 1.82) is 0 Å². The van der Waals surface area contributed by atoms with Crippen LogP contribution in [0.4, 0.5) is 10.5 Å². The van der Waals surface area contributed by atoms with E-state index >= 15 is 0 Å². The molecule has 2 N–H and O–H groups in total. The van der Waals surface area contributed by atoms with Gasteiger partial charge >= 0.3 is 6.03 Å². The van der Waals surface area contributed by atoms with E-state index in [1.54, 1.807) is 13.4 Å². The molecule has 1 aliphatic carbocycles. The molecule has 3 rings (SSSR count). The molecule has 1 aromatic carbocycles. The molecule has 0 unspecified atom stereocenters. The lowest BCUT2D eigenvalue weighted by atomic mass is 9.77. The number of hydrogen-bond donors (Lipinski definition) is 2. The first-order valence-corrected chi connectivity index (χ1v) is 8.10. The second-order valence-corrected chi connectivity index (χ2v) is 6.21. The van der Waals surface area contributed by atoms with E-state index in [-0.39, 0.29) is 11.9 Å². The average Bonchev–Trinajstić information content (AvgIpc) is 2.92. The second kappa shape index (κ2) is 6.81. The monoisotopic (exact) mass is 313 g/mol. The number of hydrogen-bond acceptors (Lipinski definition) is 3.